The number of anilines is 1. The van der Waals surface area contributed by atoms with E-state index in [9.17, 15) is 5.11 Å². The van der Waals surface area contributed by atoms with Crippen LogP contribution in [0.25, 0.3) is 0 Å². The minimum atomic E-state index is -0.373. The fourth-order valence-electron chi connectivity index (χ4n) is 1.80. The molecular formula is C14H12Cl3NO. The number of aliphatic hydroxyl groups is 1. The van der Waals surface area contributed by atoms with Crippen LogP contribution in [0, 0.1) is 0 Å². The molecule has 0 aliphatic heterocycles. The molecule has 0 saturated carbocycles. The van der Waals surface area contributed by atoms with Gasteiger partial charge in [-0.1, -0.05) is 40.9 Å². The Bertz CT molecular complexity index is 537. The van der Waals surface area contributed by atoms with Crippen LogP contribution >= 0.6 is 34.8 Å². The number of hydrogen-bond acceptors (Lipinski definition) is 2. The highest BCUT2D eigenvalue weighted by atomic mass is 35.5. The molecule has 0 aliphatic carbocycles. The van der Waals surface area contributed by atoms with Crippen molar-refractivity contribution in [2.75, 3.05) is 11.9 Å². The van der Waals surface area contributed by atoms with Crippen molar-refractivity contribution in [2.24, 2.45) is 0 Å². The fraction of sp³-hybridized carbons (Fsp3) is 0.143. The number of halogens is 3. The summed E-state index contributed by atoms with van der Waals surface area (Å²) < 4.78 is 0. The Morgan fingerprint density at radius 2 is 1.53 bits per heavy atom. The van der Waals surface area contributed by atoms with E-state index in [2.05, 4.69) is 5.32 Å². The maximum atomic E-state index is 9.54. The first-order chi connectivity index (χ1) is 9.11. The summed E-state index contributed by atoms with van der Waals surface area (Å²) in [4.78, 5) is 0. The molecular weight excluding hydrogens is 305 g/mol. The van der Waals surface area contributed by atoms with Gasteiger partial charge in [0, 0.05) is 26.3 Å². The quantitative estimate of drug-likeness (QED) is 0.850. The van der Waals surface area contributed by atoms with Gasteiger partial charge in [-0.05, 0) is 36.4 Å². The average molecular weight is 317 g/mol. The van der Waals surface area contributed by atoms with Crippen LogP contribution in [-0.2, 0) is 0 Å². The van der Waals surface area contributed by atoms with E-state index in [1.165, 1.54) is 0 Å². The normalized spacial score (nSPS) is 12.2. The second-order valence-corrected chi connectivity index (χ2v) is 5.27. The van der Waals surface area contributed by atoms with Gasteiger partial charge >= 0.3 is 0 Å². The second-order valence-electron chi connectivity index (χ2n) is 4.02. The second kappa shape index (κ2) is 6.49. The van der Waals surface area contributed by atoms with Crippen LogP contribution < -0.4 is 5.32 Å². The van der Waals surface area contributed by atoms with E-state index in [4.69, 9.17) is 34.8 Å². The van der Waals surface area contributed by atoms with Gasteiger partial charge < -0.3 is 10.4 Å². The van der Waals surface area contributed by atoms with E-state index in [1.54, 1.807) is 30.3 Å². The highest BCUT2D eigenvalue weighted by Crippen LogP contribution is 2.32. The Morgan fingerprint density at radius 3 is 2.05 bits per heavy atom. The molecule has 0 aromatic heterocycles. The Balaban J connectivity index is 2.27. The summed E-state index contributed by atoms with van der Waals surface area (Å²) in [5.41, 5.74) is 1.52. The molecule has 0 fully saturated rings. The van der Waals surface area contributed by atoms with Gasteiger partial charge in [0.25, 0.3) is 0 Å². The van der Waals surface area contributed by atoms with Crippen molar-refractivity contribution >= 4 is 40.5 Å². The third kappa shape index (κ3) is 3.54. The first kappa shape index (κ1) is 14.5. The average Bonchev–Trinajstić information content (AvgIpc) is 2.39. The van der Waals surface area contributed by atoms with Crippen molar-refractivity contribution < 1.29 is 5.11 Å². The number of rotatable bonds is 4. The van der Waals surface area contributed by atoms with Gasteiger partial charge in [0.05, 0.1) is 12.6 Å². The van der Waals surface area contributed by atoms with Gasteiger partial charge in [-0.3, -0.25) is 0 Å². The number of nitrogens with one attached hydrogen (secondary N) is 1. The van der Waals surface area contributed by atoms with Crippen molar-refractivity contribution in [1.82, 2.24) is 0 Å². The maximum Gasteiger partial charge on any atom is 0.0774 e. The molecule has 19 heavy (non-hydrogen) atoms. The summed E-state index contributed by atoms with van der Waals surface area (Å²) in [7, 11) is 0. The van der Waals surface area contributed by atoms with Gasteiger partial charge in [0.15, 0.2) is 0 Å². The third-order valence-electron chi connectivity index (χ3n) is 2.72. The zero-order chi connectivity index (χ0) is 13.8. The van der Waals surface area contributed by atoms with Crippen molar-refractivity contribution in [3.05, 3.63) is 63.1 Å². The zero-order valence-electron chi connectivity index (χ0n) is 9.91. The van der Waals surface area contributed by atoms with Crippen molar-refractivity contribution in [3.8, 4) is 0 Å². The molecule has 2 aromatic rings. The molecule has 0 spiro atoms. The summed E-state index contributed by atoms with van der Waals surface area (Å²) in [5, 5.41) is 14.4. The Labute approximate surface area is 126 Å². The van der Waals surface area contributed by atoms with Crippen molar-refractivity contribution in [3.63, 3.8) is 0 Å². The molecule has 1 atom stereocenters. The molecule has 5 heteroatoms. The van der Waals surface area contributed by atoms with E-state index in [0.717, 1.165) is 5.69 Å². The Morgan fingerprint density at radius 1 is 0.947 bits per heavy atom. The molecule has 0 radical (unpaired) electrons. The van der Waals surface area contributed by atoms with Crippen molar-refractivity contribution in [1.29, 1.82) is 0 Å². The lowest BCUT2D eigenvalue weighted by Gasteiger charge is -2.20. The highest BCUT2D eigenvalue weighted by Gasteiger charge is 2.17. The van der Waals surface area contributed by atoms with Gasteiger partial charge in [-0.2, -0.15) is 0 Å². The molecule has 1 unspecified atom stereocenters. The van der Waals surface area contributed by atoms with Crippen LogP contribution in [0.5, 0.6) is 0 Å². The van der Waals surface area contributed by atoms with E-state index >= 15 is 0 Å². The molecule has 2 nitrogen and oxygen atoms in total. The molecule has 0 aliphatic rings. The maximum absolute atomic E-state index is 9.54. The number of hydrogen-bond donors (Lipinski definition) is 2. The van der Waals surface area contributed by atoms with E-state index < -0.39 is 0 Å². The van der Waals surface area contributed by atoms with Crippen LogP contribution in [0.15, 0.2) is 42.5 Å². The minimum Gasteiger partial charge on any atom is -0.394 e. The summed E-state index contributed by atoms with van der Waals surface area (Å²) >= 11 is 18.1. The van der Waals surface area contributed by atoms with Gasteiger partial charge in [-0.25, -0.2) is 0 Å². The molecule has 0 heterocycles. The molecule has 2 N–H and O–H groups in total. The van der Waals surface area contributed by atoms with Crippen LogP contribution in [0.1, 0.15) is 11.6 Å². The monoisotopic (exact) mass is 315 g/mol. The number of benzene rings is 2. The predicted octanol–water partition coefficient (Wildman–Crippen LogP) is 4.79. The van der Waals surface area contributed by atoms with E-state index in [-0.39, 0.29) is 12.6 Å². The Kier molecular flexibility index (Phi) is 4.94. The molecule has 100 valence electrons. The molecule has 0 bridgehead atoms. The minimum absolute atomic E-state index is 0.119. The number of aliphatic hydroxyl groups excluding tert-OH is 1. The topological polar surface area (TPSA) is 32.3 Å². The summed E-state index contributed by atoms with van der Waals surface area (Å²) in [6.07, 6.45) is 0. The van der Waals surface area contributed by atoms with Crippen LogP contribution in [0.3, 0.4) is 0 Å². The lowest BCUT2D eigenvalue weighted by atomic mass is 10.1. The lowest BCUT2D eigenvalue weighted by Crippen LogP contribution is -2.15. The largest absolute Gasteiger partial charge is 0.394 e. The fourth-order valence-corrected chi connectivity index (χ4v) is 2.59. The van der Waals surface area contributed by atoms with Crippen LogP contribution in [-0.4, -0.2) is 11.7 Å². The standard InChI is InChI=1S/C14H12Cl3NO/c15-9-4-6-10(7-5-9)18-13(8-19)14-11(16)2-1-3-12(14)17/h1-7,13,18-19H,8H2. The van der Waals surface area contributed by atoms with Gasteiger partial charge in [0.1, 0.15) is 0 Å². The van der Waals surface area contributed by atoms with Gasteiger partial charge in [0.2, 0.25) is 0 Å². The van der Waals surface area contributed by atoms with Crippen LogP contribution in [0.4, 0.5) is 5.69 Å². The first-order valence-electron chi connectivity index (χ1n) is 5.68. The highest BCUT2D eigenvalue weighted by molar-refractivity contribution is 6.36. The van der Waals surface area contributed by atoms with E-state index in [0.29, 0.717) is 20.6 Å². The lowest BCUT2D eigenvalue weighted by molar-refractivity contribution is 0.276. The Hall–Kier alpha value is -0.930. The first-order valence-corrected chi connectivity index (χ1v) is 6.82. The van der Waals surface area contributed by atoms with Crippen LogP contribution in [0.2, 0.25) is 15.1 Å². The predicted molar refractivity (Wildman–Crippen MR) is 81.4 cm³/mol. The summed E-state index contributed by atoms with van der Waals surface area (Å²) in [5.74, 6) is 0. The summed E-state index contributed by atoms with van der Waals surface area (Å²) in [6, 6.07) is 12.1. The third-order valence-corrected chi connectivity index (χ3v) is 3.63. The molecule has 2 aromatic carbocycles. The van der Waals surface area contributed by atoms with Crippen molar-refractivity contribution in [2.45, 2.75) is 6.04 Å². The van der Waals surface area contributed by atoms with Gasteiger partial charge in [-0.15, -0.1) is 0 Å². The molecule has 2 rings (SSSR count). The van der Waals surface area contributed by atoms with E-state index in [1.807, 2.05) is 12.1 Å². The summed E-state index contributed by atoms with van der Waals surface area (Å²) in [6.45, 7) is -0.119. The SMILES string of the molecule is OCC(Nc1ccc(Cl)cc1)c1c(Cl)cccc1Cl. The molecule has 0 amide bonds. The zero-order valence-corrected chi connectivity index (χ0v) is 12.2. The molecule has 0 saturated heterocycles. The smallest absolute Gasteiger partial charge is 0.0774 e.